The van der Waals surface area contributed by atoms with Gasteiger partial charge in [-0.05, 0) is 19.8 Å². The highest BCUT2D eigenvalue weighted by Gasteiger charge is 2.45. The highest BCUT2D eigenvalue weighted by Crippen LogP contribution is 2.25. The molecule has 2 atom stereocenters. The number of nitrogens with zero attached hydrogens (tertiary/aromatic N) is 1. The van der Waals surface area contributed by atoms with Crippen molar-refractivity contribution >= 4 is 21.7 Å². The van der Waals surface area contributed by atoms with Gasteiger partial charge < -0.3 is 0 Å². The zero-order chi connectivity index (χ0) is 14.3. The first kappa shape index (κ1) is 14.5. The largest absolute Gasteiger partial charge is 0.299 e. The second-order valence-corrected chi connectivity index (χ2v) is 7.87. The number of rotatable bonds is 4. The number of carbonyl (C=O) groups is 2. The topological polar surface area (TPSA) is 83.6 Å². The van der Waals surface area contributed by atoms with Crippen molar-refractivity contribution in [3.63, 3.8) is 0 Å². The fourth-order valence-electron chi connectivity index (χ4n) is 2.80. The molecule has 2 unspecified atom stereocenters. The minimum Gasteiger partial charge on any atom is -0.299 e. The Kier molecular flexibility index (Phi) is 3.70. The fraction of sp³-hybridized carbons (Fsp3) is 0.833. The molecule has 2 saturated heterocycles. The maximum Gasteiger partial charge on any atom is 0.246 e. The highest BCUT2D eigenvalue weighted by atomic mass is 32.2. The molecular formula is C12H20N2O4S. The SMILES string of the molecule is CCCN1C(=O)CC(NC2(C)CCS(=O)(=O)C2)C1=O. The van der Waals surface area contributed by atoms with E-state index in [0.29, 0.717) is 13.0 Å². The molecule has 0 aromatic heterocycles. The van der Waals surface area contributed by atoms with E-state index in [1.165, 1.54) is 4.90 Å². The van der Waals surface area contributed by atoms with Gasteiger partial charge in [-0.15, -0.1) is 0 Å². The first-order valence-corrected chi connectivity index (χ1v) is 8.41. The van der Waals surface area contributed by atoms with E-state index >= 15 is 0 Å². The Morgan fingerprint density at radius 1 is 1.42 bits per heavy atom. The molecule has 0 aliphatic carbocycles. The number of hydrogen-bond donors (Lipinski definition) is 1. The van der Waals surface area contributed by atoms with E-state index in [-0.39, 0.29) is 29.7 Å². The van der Waals surface area contributed by atoms with Crippen LogP contribution in [0, 0.1) is 0 Å². The van der Waals surface area contributed by atoms with Gasteiger partial charge in [0.05, 0.1) is 24.0 Å². The van der Waals surface area contributed by atoms with Crippen LogP contribution in [0.5, 0.6) is 0 Å². The number of imide groups is 1. The molecule has 1 N–H and O–H groups in total. The van der Waals surface area contributed by atoms with Crippen molar-refractivity contribution in [1.82, 2.24) is 10.2 Å². The molecule has 0 aromatic carbocycles. The standard InChI is InChI=1S/C12H20N2O4S/c1-3-5-14-10(15)7-9(11(14)16)13-12(2)4-6-19(17,18)8-12/h9,13H,3-8H2,1-2H3. The number of hydrogen-bond acceptors (Lipinski definition) is 5. The third kappa shape index (κ3) is 2.97. The van der Waals surface area contributed by atoms with Gasteiger partial charge in [0.25, 0.3) is 0 Å². The smallest absolute Gasteiger partial charge is 0.246 e. The summed E-state index contributed by atoms with van der Waals surface area (Å²) in [7, 11) is -3.02. The number of sulfone groups is 1. The molecule has 2 amide bonds. The lowest BCUT2D eigenvalue weighted by atomic mass is 10.00. The van der Waals surface area contributed by atoms with Gasteiger partial charge in [0, 0.05) is 12.1 Å². The first-order valence-electron chi connectivity index (χ1n) is 6.59. The lowest BCUT2D eigenvalue weighted by Crippen LogP contribution is -2.52. The molecule has 0 spiro atoms. The third-order valence-corrected chi connectivity index (χ3v) is 5.62. The second-order valence-electron chi connectivity index (χ2n) is 5.69. The summed E-state index contributed by atoms with van der Waals surface area (Å²) >= 11 is 0. The first-order chi connectivity index (χ1) is 8.76. The van der Waals surface area contributed by atoms with Crippen LogP contribution in [0.25, 0.3) is 0 Å². The van der Waals surface area contributed by atoms with Crippen LogP contribution < -0.4 is 5.32 Å². The Bertz CT molecular complexity index is 502. The predicted octanol–water partition coefficient (Wildman–Crippen LogP) is -0.309. The van der Waals surface area contributed by atoms with E-state index < -0.39 is 21.4 Å². The van der Waals surface area contributed by atoms with Crippen molar-refractivity contribution in [2.24, 2.45) is 0 Å². The van der Waals surface area contributed by atoms with Crippen LogP contribution in [0.15, 0.2) is 0 Å². The van der Waals surface area contributed by atoms with E-state index in [9.17, 15) is 18.0 Å². The summed E-state index contributed by atoms with van der Waals surface area (Å²) in [5.74, 6) is -0.221. The Morgan fingerprint density at radius 2 is 2.11 bits per heavy atom. The highest BCUT2D eigenvalue weighted by molar-refractivity contribution is 7.91. The maximum absolute atomic E-state index is 12.1. The van der Waals surface area contributed by atoms with Crippen molar-refractivity contribution < 1.29 is 18.0 Å². The van der Waals surface area contributed by atoms with Crippen LogP contribution in [0.4, 0.5) is 0 Å². The Labute approximate surface area is 113 Å². The third-order valence-electron chi connectivity index (χ3n) is 3.72. The molecule has 19 heavy (non-hydrogen) atoms. The summed E-state index contributed by atoms with van der Waals surface area (Å²) in [6, 6.07) is -0.572. The zero-order valence-corrected chi connectivity index (χ0v) is 12.1. The van der Waals surface area contributed by atoms with Crippen LogP contribution in [0.2, 0.25) is 0 Å². The lowest BCUT2D eigenvalue weighted by molar-refractivity contribution is -0.139. The van der Waals surface area contributed by atoms with Gasteiger partial charge in [0.2, 0.25) is 11.8 Å². The van der Waals surface area contributed by atoms with E-state index in [0.717, 1.165) is 6.42 Å². The molecule has 0 aromatic rings. The summed E-state index contributed by atoms with van der Waals surface area (Å²) in [6.07, 6.45) is 1.35. The zero-order valence-electron chi connectivity index (χ0n) is 11.3. The molecule has 2 aliphatic heterocycles. The van der Waals surface area contributed by atoms with Crippen molar-refractivity contribution in [2.45, 2.75) is 44.7 Å². The number of amides is 2. The molecule has 7 heteroatoms. The van der Waals surface area contributed by atoms with Crippen molar-refractivity contribution in [3.05, 3.63) is 0 Å². The summed E-state index contributed by atoms with van der Waals surface area (Å²) in [5, 5.41) is 3.09. The van der Waals surface area contributed by atoms with Gasteiger partial charge in [0.15, 0.2) is 9.84 Å². The summed E-state index contributed by atoms with van der Waals surface area (Å²) in [6.45, 7) is 4.15. The molecule has 0 bridgehead atoms. The minimum absolute atomic E-state index is 0.0335. The molecule has 0 saturated carbocycles. The minimum atomic E-state index is -3.02. The van der Waals surface area contributed by atoms with Gasteiger partial charge in [-0.1, -0.05) is 6.92 Å². The number of carbonyl (C=O) groups excluding carboxylic acids is 2. The van der Waals surface area contributed by atoms with Crippen LogP contribution in [0.3, 0.4) is 0 Å². The molecule has 0 radical (unpaired) electrons. The molecule has 2 fully saturated rings. The van der Waals surface area contributed by atoms with E-state index in [1.54, 1.807) is 6.92 Å². The van der Waals surface area contributed by atoms with Gasteiger partial charge in [-0.25, -0.2) is 8.42 Å². The van der Waals surface area contributed by atoms with E-state index in [4.69, 9.17) is 0 Å². The van der Waals surface area contributed by atoms with E-state index in [1.807, 2.05) is 6.92 Å². The van der Waals surface area contributed by atoms with Gasteiger partial charge in [-0.2, -0.15) is 0 Å². The Morgan fingerprint density at radius 3 is 2.63 bits per heavy atom. The number of nitrogens with one attached hydrogen (secondary N) is 1. The summed E-state index contributed by atoms with van der Waals surface area (Å²) in [4.78, 5) is 25.1. The predicted molar refractivity (Wildman–Crippen MR) is 70.2 cm³/mol. The molecule has 2 heterocycles. The van der Waals surface area contributed by atoms with Gasteiger partial charge in [-0.3, -0.25) is 19.8 Å². The average Bonchev–Trinajstić information content (AvgIpc) is 2.70. The fourth-order valence-corrected chi connectivity index (χ4v) is 4.90. The van der Waals surface area contributed by atoms with Crippen LogP contribution in [-0.4, -0.2) is 54.8 Å². The normalized spacial score (nSPS) is 34.2. The molecule has 2 rings (SSSR count). The monoisotopic (exact) mass is 288 g/mol. The summed E-state index contributed by atoms with van der Waals surface area (Å²) < 4.78 is 23.1. The Hall–Kier alpha value is -0.950. The molecule has 6 nitrogen and oxygen atoms in total. The molecular weight excluding hydrogens is 268 g/mol. The Balaban J connectivity index is 2.05. The van der Waals surface area contributed by atoms with Crippen LogP contribution in [0.1, 0.15) is 33.1 Å². The number of likely N-dealkylation sites (tertiary alicyclic amines) is 1. The van der Waals surface area contributed by atoms with Crippen LogP contribution in [-0.2, 0) is 19.4 Å². The molecule has 108 valence electrons. The molecule has 2 aliphatic rings. The summed E-state index contributed by atoms with van der Waals surface area (Å²) in [5.41, 5.74) is -0.596. The van der Waals surface area contributed by atoms with Crippen molar-refractivity contribution in [3.8, 4) is 0 Å². The van der Waals surface area contributed by atoms with Gasteiger partial charge >= 0.3 is 0 Å². The van der Waals surface area contributed by atoms with Crippen molar-refractivity contribution in [2.75, 3.05) is 18.1 Å². The van der Waals surface area contributed by atoms with Gasteiger partial charge in [0.1, 0.15) is 0 Å². The maximum atomic E-state index is 12.1. The van der Waals surface area contributed by atoms with Crippen LogP contribution >= 0.6 is 0 Å². The quantitative estimate of drug-likeness (QED) is 0.718. The van der Waals surface area contributed by atoms with E-state index in [2.05, 4.69) is 5.32 Å². The second kappa shape index (κ2) is 4.86. The van der Waals surface area contributed by atoms with Crippen molar-refractivity contribution in [1.29, 1.82) is 0 Å². The lowest BCUT2D eigenvalue weighted by Gasteiger charge is -2.27. The average molecular weight is 288 g/mol.